The summed E-state index contributed by atoms with van der Waals surface area (Å²) in [6.07, 6.45) is 3.92. The van der Waals surface area contributed by atoms with E-state index in [-0.39, 0.29) is 29.2 Å². The molecule has 0 aromatic carbocycles. The van der Waals surface area contributed by atoms with Crippen LogP contribution in [0.4, 0.5) is 5.82 Å². The molecule has 1 heterocycles. The normalized spacial score (nSPS) is 22.7. The maximum atomic E-state index is 12.1. The summed E-state index contributed by atoms with van der Waals surface area (Å²) in [4.78, 5) is 37.7. The Balaban J connectivity index is 2.61. The van der Waals surface area contributed by atoms with Crippen molar-refractivity contribution >= 4 is 23.2 Å². The van der Waals surface area contributed by atoms with Gasteiger partial charge in [-0.1, -0.05) is 19.8 Å². The molecule has 1 aromatic rings. The second-order valence-corrected chi connectivity index (χ2v) is 5.54. The van der Waals surface area contributed by atoms with E-state index in [4.69, 9.17) is 17.3 Å². The van der Waals surface area contributed by atoms with E-state index in [2.05, 4.69) is 4.98 Å². The molecule has 110 valence electrons. The number of hydrogen-bond donors (Lipinski definition) is 2. The zero-order chi connectivity index (χ0) is 14.9. The summed E-state index contributed by atoms with van der Waals surface area (Å²) in [5.74, 6) is -0.703. The monoisotopic (exact) mass is 299 g/mol. The van der Waals surface area contributed by atoms with Crippen LogP contribution in [0.1, 0.15) is 49.0 Å². The number of aromatic amines is 1. The Morgan fingerprint density at radius 3 is 2.65 bits per heavy atom. The van der Waals surface area contributed by atoms with Crippen molar-refractivity contribution in [2.75, 3.05) is 11.6 Å². The van der Waals surface area contributed by atoms with Crippen molar-refractivity contribution < 1.29 is 4.79 Å². The molecule has 0 saturated heterocycles. The number of nitrogens with one attached hydrogen (secondary N) is 1. The van der Waals surface area contributed by atoms with Gasteiger partial charge in [0.15, 0.2) is 5.78 Å². The van der Waals surface area contributed by atoms with Crippen molar-refractivity contribution in [3.8, 4) is 0 Å². The minimum atomic E-state index is -0.766. The standard InChI is InChI=1S/C13H18ClN3O3/c1-7-4-2-3-5-8(7)17-11(15)10(9(18)6-14)12(19)16-13(17)20/h7-8H,2-6,15H2,1H3,(H,16,19,20)/t7-,8-/m1/s1. The van der Waals surface area contributed by atoms with Crippen LogP contribution in [0.3, 0.4) is 0 Å². The molecule has 1 aromatic heterocycles. The Kier molecular flexibility index (Phi) is 4.32. The minimum absolute atomic E-state index is 0.0665. The van der Waals surface area contributed by atoms with Gasteiger partial charge in [-0.15, -0.1) is 11.6 Å². The lowest BCUT2D eigenvalue weighted by molar-refractivity contribution is 0.101. The Morgan fingerprint density at radius 2 is 2.05 bits per heavy atom. The fourth-order valence-corrected chi connectivity index (χ4v) is 3.05. The molecule has 2 rings (SSSR count). The minimum Gasteiger partial charge on any atom is -0.384 e. The Labute approximate surface area is 120 Å². The molecule has 7 heteroatoms. The van der Waals surface area contributed by atoms with Gasteiger partial charge in [0.2, 0.25) is 0 Å². The molecule has 0 bridgehead atoms. The number of aromatic nitrogens is 2. The molecular weight excluding hydrogens is 282 g/mol. The first kappa shape index (κ1) is 14.8. The van der Waals surface area contributed by atoms with Crippen LogP contribution < -0.4 is 17.0 Å². The smallest absolute Gasteiger partial charge is 0.330 e. The van der Waals surface area contributed by atoms with Crippen LogP contribution >= 0.6 is 11.6 Å². The SMILES string of the molecule is C[C@@H]1CCCC[C@H]1n1c(N)c(C(=O)CCl)c(=O)[nH]c1=O. The first-order valence-corrected chi connectivity index (χ1v) is 7.24. The number of nitrogens with two attached hydrogens (primary N) is 1. The third-order valence-electron chi connectivity index (χ3n) is 3.98. The molecule has 1 saturated carbocycles. The molecular formula is C13H18ClN3O3. The zero-order valence-corrected chi connectivity index (χ0v) is 12.1. The van der Waals surface area contributed by atoms with Crippen LogP contribution in [-0.2, 0) is 0 Å². The van der Waals surface area contributed by atoms with Crippen molar-refractivity contribution in [2.45, 2.75) is 38.6 Å². The van der Waals surface area contributed by atoms with Crippen molar-refractivity contribution in [2.24, 2.45) is 5.92 Å². The Bertz CT molecular complexity index is 635. The van der Waals surface area contributed by atoms with Gasteiger partial charge < -0.3 is 5.73 Å². The maximum Gasteiger partial charge on any atom is 0.330 e. The number of H-pyrrole nitrogens is 1. The van der Waals surface area contributed by atoms with Gasteiger partial charge in [-0.2, -0.15) is 0 Å². The molecule has 1 aliphatic rings. The van der Waals surface area contributed by atoms with Gasteiger partial charge in [-0.05, 0) is 18.8 Å². The largest absolute Gasteiger partial charge is 0.384 e. The van der Waals surface area contributed by atoms with E-state index in [0.717, 1.165) is 25.7 Å². The lowest BCUT2D eigenvalue weighted by Crippen LogP contribution is -2.40. The highest BCUT2D eigenvalue weighted by atomic mass is 35.5. The van der Waals surface area contributed by atoms with Gasteiger partial charge in [0.25, 0.3) is 5.56 Å². The summed E-state index contributed by atoms with van der Waals surface area (Å²) in [5, 5.41) is 0. The number of alkyl halides is 1. The number of nitrogens with zero attached hydrogens (tertiary/aromatic N) is 1. The van der Waals surface area contributed by atoms with Crippen molar-refractivity contribution in [3.63, 3.8) is 0 Å². The van der Waals surface area contributed by atoms with Crippen LogP contribution in [-0.4, -0.2) is 21.2 Å². The van der Waals surface area contributed by atoms with Crippen molar-refractivity contribution in [1.82, 2.24) is 9.55 Å². The summed E-state index contributed by atoms with van der Waals surface area (Å²) >= 11 is 5.49. The van der Waals surface area contributed by atoms with E-state index >= 15 is 0 Å². The highest BCUT2D eigenvalue weighted by Crippen LogP contribution is 2.33. The van der Waals surface area contributed by atoms with Crippen LogP contribution in [0.5, 0.6) is 0 Å². The number of carbonyl (C=O) groups excluding carboxylic acids is 1. The quantitative estimate of drug-likeness (QED) is 0.649. The number of nitrogen functional groups attached to an aromatic ring is 1. The third kappa shape index (κ3) is 2.52. The first-order chi connectivity index (χ1) is 9.47. The van der Waals surface area contributed by atoms with E-state index in [9.17, 15) is 14.4 Å². The van der Waals surface area contributed by atoms with Gasteiger partial charge in [-0.25, -0.2) is 4.79 Å². The summed E-state index contributed by atoms with van der Waals surface area (Å²) in [6, 6.07) is -0.0880. The number of hydrogen-bond acceptors (Lipinski definition) is 4. The molecule has 3 N–H and O–H groups in total. The number of Topliss-reactive ketones (excluding diaryl/α,β-unsaturated/α-hetero) is 1. The molecule has 0 unspecified atom stereocenters. The van der Waals surface area contributed by atoms with Crippen LogP contribution in [0.15, 0.2) is 9.59 Å². The van der Waals surface area contributed by atoms with E-state index in [1.165, 1.54) is 4.57 Å². The summed E-state index contributed by atoms with van der Waals surface area (Å²) in [5.41, 5.74) is 4.38. The molecule has 2 atom stereocenters. The van der Waals surface area contributed by atoms with E-state index < -0.39 is 17.0 Å². The van der Waals surface area contributed by atoms with Crippen LogP contribution in [0.2, 0.25) is 0 Å². The first-order valence-electron chi connectivity index (χ1n) is 6.70. The Morgan fingerprint density at radius 1 is 1.40 bits per heavy atom. The summed E-state index contributed by atoms with van der Waals surface area (Å²) < 4.78 is 1.35. The topological polar surface area (TPSA) is 97.9 Å². The third-order valence-corrected chi connectivity index (χ3v) is 4.22. The number of anilines is 1. The molecule has 0 aliphatic heterocycles. The molecule has 1 fully saturated rings. The zero-order valence-electron chi connectivity index (χ0n) is 11.3. The van der Waals surface area contributed by atoms with E-state index in [1.807, 2.05) is 6.92 Å². The van der Waals surface area contributed by atoms with Crippen LogP contribution in [0.25, 0.3) is 0 Å². The molecule has 6 nitrogen and oxygen atoms in total. The molecule has 20 heavy (non-hydrogen) atoms. The molecule has 0 amide bonds. The van der Waals surface area contributed by atoms with E-state index in [1.54, 1.807) is 0 Å². The molecule has 1 aliphatic carbocycles. The number of carbonyl (C=O) groups is 1. The molecule has 0 spiro atoms. The van der Waals surface area contributed by atoms with Gasteiger partial charge in [0, 0.05) is 6.04 Å². The number of halogens is 1. The average Bonchev–Trinajstić information content (AvgIpc) is 2.40. The lowest BCUT2D eigenvalue weighted by atomic mass is 9.85. The van der Waals surface area contributed by atoms with Gasteiger partial charge in [0.05, 0.1) is 5.88 Å². The van der Waals surface area contributed by atoms with Crippen molar-refractivity contribution in [1.29, 1.82) is 0 Å². The summed E-state index contributed by atoms with van der Waals surface area (Å²) in [7, 11) is 0. The van der Waals surface area contributed by atoms with E-state index in [0.29, 0.717) is 0 Å². The predicted molar refractivity (Wildman–Crippen MR) is 77.5 cm³/mol. The average molecular weight is 300 g/mol. The fourth-order valence-electron chi connectivity index (χ4n) is 2.91. The second-order valence-electron chi connectivity index (χ2n) is 5.28. The summed E-state index contributed by atoms with van der Waals surface area (Å²) in [6.45, 7) is 2.05. The number of rotatable bonds is 3. The lowest BCUT2D eigenvalue weighted by Gasteiger charge is -2.31. The van der Waals surface area contributed by atoms with Gasteiger partial charge in [0.1, 0.15) is 11.4 Å². The number of ketones is 1. The predicted octanol–water partition coefficient (Wildman–Crippen LogP) is 1.29. The van der Waals surface area contributed by atoms with Crippen molar-refractivity contribution in [3.05, 3.63) is 26.4 Å². The maximum absolute atomic E-state index is 12.1. The Hall–Kier alpha value is -1.56. The van der Waals surface area contributed by atoms with Gasteiger partial charge >= 0.3 is 5.69 Å². The molecule has 0 radical (unpaired) electrons. The van der Waals surface area contributed by atoms with Crippen LogP contribution in [0, 0.1) is 5.92 Å². The van der Waals surface area contributed by atoms with Gasteiger partial charge in [-0.3, -0.25) is 19.1 Å². The highest BCUT2D eigenvalue weighted by Gasteiger charge is 2.28. The fraction of sp³-hybridized carbons (Fsp3) is 0.615. The highest BCUT2D eigenvalue weighted by molar-refractivity contribution is 6.31. The second kappa shape index (κ2) is 5.83.